The molecule has 76 valence electrons. The highest BCUT2D eigenvalue weighted by Gasteiger charge is 2.42. The predicted octanol–water partition coefficient (Wildman–Crippen LogP) is 3.10. The van der Waals surface area contributed by atoms with Crippen molar-refractivity contribution in [2.24, 2.45) is 23.2 Å². The molecule has 2 unspecified atom stereocenters. The van der Waals surface area contributed by atoms with Crippen LogP contribution in [0.4, 0.5) is 0 Å². The van der Waals surface area contributed by atoms with Gasteiger partial charge in [0.1, 0.15) is 0 Å². The van der Waals surface area contributed by atoms with Crippen LogP contribution in [0.1, 0.15) is 40.0 Å². The Hall–Kier alpha value is -0.0400. The van der Waals surface area contributed by atoms with Crippen molar-refractivity contribution in [2.45, 2.75) is 40.0 Å². The van der Waals surface area contributed by atoms with Gasteiger partial charge in [-0.3, -0.25) is 0 Å². The number of rotatable bonds is 0. The zero-order valence-corrected chi connectivity index (χ0v) is 9.18. The van der Waals surface area contributed by atoms with E-state index in [1.165, 1.54) is 19.3 Å². The molecule has 1 heteroatoms. The van der Waals surface area contributed by atoms with Crippen molar-refractivity contribution < 1.29 is 4.74 Å². The summed E-state index contributed by atoms with van der Waals surface area (Å²) >= 11 is 0. The molecule has 1 saturated heterocycles. The Morgan fingerprint density at radius 2 is 1.54 bits per heavy atom. The lowest BCUT2D eigenvalue weighted by Gasteiger charge is -2.48. The summed E-state index contributed by atoms with van der Waals surface area (Å²) < 4.78 is 5.66. The predicted molar refractivity (Wildman–Crippen MR) is 54.6 cm³/mol. The lowest BCUT2D eigenvalue weighted by Crippen LogP contribution is -2.45. The van der Waals surface area contributed by atoms with E-state index in [9.17, 15) is 0 Å². The zero-order valence-electron chi connectivity index (χ0n) is 9.18. The summed E-state index contributed by atoms with van der Waals surface area (Å²) in [7, 11) is 0. The van der Waals surface area contributed by atoms with E-state index in [0.717, 1.165) is 31.0 Å². The quantitative estimate of drug-likeness (QED) is 0.559. The van der Waals surface area contributed by atoms with Crippen LogP contribution in [0.25, 0.3) is 0 Å². The van der Waals surface area contributed by atoms with E-state index < -0.39 is 0 Å². The first-order chi connectivity index (χ1) is 6.09. The molecule has 0 spiro atoms. The molecule has 2 rings (SSSR count). The summed E-state index contributed by atoms with van der Waals surface area (Å²) in [6, 6.07) is 0. The average Bonchev–Trinajstić information content (AvgIpc) is 2.01. The van der Waals surface area contributed by atoms with Crippen molar-refractivity contribution in [1.29, 1.82) is 0 Å². The minimum atomic E-state index is 0.486. The third-order valence-corrected chi connectivity index (χ3v) is 3.83. The van der Waals surface area contributed by atoms with Crippen molar-refractivity contribution >= 4 is 0 Å². The molecule has 0 radical (unpaired) electrons. The Morgan fingerprint density at radius 1 is 1.00 bits per heavy atom. The van der Waals surface area contributed by atoms with Crippen molar-refractivity contribution in [3.8, 4) is 0 Å². The number of hydrogen-bond acceptors (Lipinski definition) is 1. The van der Waals surface area contributed by atoms with Crippen molar-refractivity contribution in [1.82, 2.24) is 0 Å². The van der Waals surface area contributed by atoms with Gasteiger partial charge in [-0.2, -0.15) is 0 Å². The molecule has 2 atom stereocenters. The first-order valence-electron chi connectivity index (χ1n) is 5.67. The summed E-state index contributed by atoms with van der Waals surface area (Å²) in [6.45, 7) is 9.24. The molecule has 0 aromatic carbocycles. The van der Waals surface area contributed by atoms with Crippen LogP contribution < -0.4 is 0 Å². The van der Waals surface area contributed by atoms with Crippen molar-refractivity contribution in [2.75, 3.05) is 13.2 Å². The molecule has 1 saturated carbocycles. The average molecular weight is 182 g/mol. The van der Waals surface area contributed by atoms with E-state index in [1.54, 1.807) is 0 Å². The molecule has 0 N–H and O–H groups in total. The topological polar surface area (TPSA) is 9.23 Å². The SMILES string of the molecule is CC(C)(C)C1C2CCCC1COC2. The van der Waals surface area contributed by atoms with Gasteiger partial charge in [0, 0.05) is 13.2 Å². The molecule has 2 bridgehead atoms. The second kappa shape index (κ2) is 3.27. The molecule has 13 heavy (non-hydrogen) atoms. The summed E-state index contributed by atoms with van der Waals surface area (Å²) in [5.74, 6) is 2.62. The van der Waals surface area contributed by atoms with Crippen LogP contribution >= 0.6 is 0 Å². The van der Waals surface area contributed by atoms with Gasteiger partial charge in [0.25, 0.3) is 0 Å². The fourth-order valence-electron chi connectivity index (χ4n) is 3.55. The van der Waals surface area contributed by atoms with Crippen LogP contribution in [-0.2, 0) is 4.74 Å². The van der Waals surface area contributed by atoms with E-state index in [4.69, 9.17) is 4.74 Å². The molecule has 1 heterocycles. The maximum Gasteiger partial charge on any atom is 0.0497 e. The number of hydrogen-bond donors (Lipinski definition) is 0. The first kappa shape index (κ1) is 9.51. The second-order valence-corrected chi connectivity index (χ2v) is 5.88. The van der Waals surface area contributed by atoms with E-state index in [2.05, 4.69) is 20.8 Å². The Balaban J connectivity index is 2.15. The minimum Gasteiger partial charge on any atom is -0.381 e. The van der Waals surface area contributed by atoms with E-state index in [0.29, 0.717) is 5.41 Å². The van der Waals surface area contributed by atoms with Gasteiger partial charge in [-0.05, 0) is 36.0 Å². The highest BCUT2D eigenvalue weighted by molar-refractivity contribution is 4.91. The van der Waals surface area contributed by atoms with Gasteiger partial charge < -0.3 is 4.74 Å². The second-order valence-electron chi connectivity index (χ2n) is 5.88. The van der Waals surface area contributed by atoms with Gasteiger partial charge in [0.2, 0.25) is 0 Å². The molecule has 0 amide bonds. The summed E-state index contributed by atoms with van der Waals surface area (Å²) in [5, 5.41) is 0. The maximum atomic E-state index is 5.66. The van der Waals surface area contributed by atoms with Gasteiger partial charge in [0.05, 0.1) is 0 Å². The van der Waals surface area contributed by atoms with Crippen LogP contribution in [0.2, 0.25) is 0 Å². The van der Waals surface area contributed by atoms with Gasteiger partial charge in [0.15, 0.2) is 0 Å². The Labute approximate surface area is 81.9 Å². The molecule has 2 fully saturated rings. The lowest BCUT2D eigenvalue weighted by molar-refractivity contribution is -0.0932. The van der Waals surface area contributed by atoms with E-state index in [-0.39, 0.29) is 0 Å². The highest BCUT2D eigenvalue weighted by atomic mass is 16.5. The molecule has 1 aliphatic heterocycles. The van der Waals surface area contributed by atoms with Crippen LogP contribution in [0, 0.1) is 23.2 Å². The van der Waals surface area contributed by atoms with Crippen LogP contribution in [0.15, 0.2) is 0 Å². The van der Waals surface area contributed by atoms with Crippen molar-refractivity contribution in [3.63, 3.8) is 0 Å². The Morgan fingerprint density at radius 3 is 1.92 bits per heavy atom. The Bertz CT molecular complexity index is 158. The molecular weight excluding hydrogens is 160 g/mol. The number of ether oxygens (including phenoxy) is 1. The monoisotopic (exact) mass is 182 g/mol. The van der Waals surface area contributed by atoms with Gasteiger partial charge in [-0.15, -0.1) is 0 Å². The van der Waals surface area contributed by atoms with E-state index >= 15 is 0 Å². The fourth-order valence-corrected chi connectivity index (χ4v) is 3.55. The minimum absolute atomic E-state index is 0.486. The van der Waals surface area contributed by atoms with Crippen LogP contribution in [0.3, 0.4) is 0 Å². The summed E-state index contributed by atoms with van der Waals surface area (Å²) in [4.78, 5) is 0. The third-order valence-electron chi connectivity index (χ3n) is 3.83. The lowest BCUT2D eigenvalue weighted by atomic mass is 9.61. The van der Waals surface area contributed by atoms with Gasteiger partial charge >= 0.3 is 0 Å². The van der Waals surface area contributed by atoms with Crippen molar-refractivity contribution in [3.05, 3.63) is 0 Å². The summed E-state index contributed by atoms with van der Waals surface area (Å²) in [6.07, 6.45) is 4.24. The largest absolute Gasteiger partial charge is 0.381 e. The normalized spacial score (nSPS) is 40.4. The van der Waals surface area contributed by atoms with E-state index in [1.807, 2.05) is 0 Å². The smallest absolute Gasteiger partial charge is 0.0497 e. The molecule has 0 aromatic heterocycles. The van der Waals surface area contributed by atoms with Crippen LogP contribution in [0.5, 0.6) is 0 Å². The third kappa shape index (κ3) is 1.76. The van der Waals surface area contributed by atoms with Gasteiger partial charge in [-0.1, -0.05) is 27.2 Å². The molecule has 2 aliphatic rings. The number of fused-ring (bicyclic) bond motifs is 2. The molecular formula is C12H22O. The molecule has 1 aliphatic carbocycles. The molecule has 1 nitrogen and oxygen atoms in total. The first-order valence-corrected chi connectivity index (χ1v) is 5.67. The summed E-state index contributed by atoms with van der Waals surface area (Å²) in [5.41, 5.74) is 0.486. The highest BCUT2D eigenvalue weighted by Crippen LogP contribution is 2.47. The zero-order chi connectivity index (χ0) is 9.47. The van der Waals surface area contributed by atoms with Crippen LogP contribution in [-0.4, -0.2) is 13.2 Å². The maximum absolute atomic E-state index is 5.66. The standard InChI is InChI=1S/C12H22O/c1-12(2,3)11-9-5-4-6-10(11)8-13-7-9/h9-11H,4-8H2,1-3H3. The Kier molecular flexibility index (Phi) is 2.39. The van der Waals surface area contributed by atoms with Gasteiger partial charge in [-0.25, -0.2) is 0 Å². The molecule has 0 aromatic rings. The fraction of sp³-hybridized carbons (Fsp3) is 1.00.